The zero-order valence-corrected chi connectivity index (χ0v) is 17.3. The van der Waals surface area contributed by atoms with Crippen LogP contribution in [0, 0.1) is 0 Å². The van der Waals surface area contributed by atoms with E-state index in [0.717, 1.165) is 16.6 Å². The molecule has 158 valence electrons. The smallest absolute Gasteiger partial charge is 0.248 e. The summed E-state index contributed by atoms with van der Waals surface area (Å²) in [5, 5.41) is 2.84. The van der Waals surface area contributed by atoms with Crippen molar-refractivity contribution in [2.75, 3.05) is 26.6 Å². The Labute approximate surface area is 178 Å². The predicted molar refractivity (Wildman–Crippen MR) is 118 cm³/mol. The highest BCUT2D eigenvalue weighted by Gasteiger charge is 2.12. The number of H-pyrrole nitrogens is 1. The number of imidazole rings is 1. The lowest BCUT2D eigenvalue weighted by atomic mass is 10.1. The first-order chi connectivity index (χ1) is 15.1. The molecule has 2 N–H and O–H groups in total. The molecule has 8 nitrogen and oxygen atoms in total. The number of hydrogen-bond acceptors (Lipinski definition) is 6. The summed E-state index contributed by atoms with van der Waals surface area (Å²) in [7, 11) is 4.62. The van der Waals surface area contributed by atoms with Gasteiger partial charge in [-0.2, -0.15) is 0 Å². The number of aromatic nitrogens is 2. The minimum atomic E-state index is -0.279. The maximum absolute atomic E-state index is 12.4. The van der Waals surface area contributed by atoms with Gasteiger partial charge in [0.2, 0.25) is 11.7 Å². The van der Waals surface area contributed by atoms with Crippen LogP contribution in [-0.2, 0) is 4.79 Å². The van der Waals surface area contributed by atoms with Crippen molar-refractivity contribution in [2.24, 2.45) is 0 Å². The molecule has 0 spiro atoms. The minimum absolute atomic E-state index is 0.279. The molecule has 0 saturated carbocycles. The van der Waals surface area contributed by atoms with Gasteiger partial charge in [-0.15, -0.1) is 0 Å². The number of benzene rings is 2. The molecule has 0 saturated heterocycles. The number of methoxy groups -OCH3 is 3. The van der Waals surface area contributed by atoms with Crippen LogP contribution in [0.15, 0.2) is 59.2 Å². The summed E-state index contributed by atoms with van der Waals surface area (Å²) in [6, 6.07) is 12.6. The highest BCUT2D eigenvalue weighted by atomic mass is 16.5. The van der Waals surface area contributed by atoms with E-state index in [2.05, 4.69) is 15.3 Å². The molecule has 0 bridgehead atoms. The fourth-order valence-electron chi connectivity index (χ4n) is 3.17. The average molecular weight is 419 g/mol. The molecule has 31 heavy (non-hydrogen) atoms. The molecule has 1 amide bonds. The topological polar surface area (TPSA) is 98.6 Å². The summed E-state index contributed by atoms with van der Waals surface area (Å²) in [4.78, 5) is 20.1. The molecule has 0 aliphatic rings. The van der Waals surface area contributed by atoms with Gasteiger partial charge in [0.1, 0.15) is 0 Å². The van der Waals surface area contributed by atoms with Gasteiger partial charge in [-0.3, -0.25) is 4.79 Å². The quantitative estimate of drug-likeness (QED) is 0.428. The number of carbonyl (C=O) groups excluding carboxylic acids is 1. The molecule has 4 aromatic rings. The van der Waals surface area contributed by atoms with Crippen LogP contribution >= 0.6 is 0 Å². The maximum atomic E-state index is 12.4. The van der Waals surface area contributed by atoms with Crippen LogP contribution in [0.3, 0.4) is 0 Å². The van der Waals surface area contributed by atoms with Gasteiger partial charge in [-0.05, 0) is 54.1 Å². The fraction of sp³-hybridized carbons (Fsp3) is 0.130. The number of rotatable bonds is 7. The monoisotopic (exact) mass is 419 g/mol. The molecule has 0 unspecified atom stereocenters. The number of nitrogens with one attached hydrogen (secondary N) is 2. The van der Waals surface area contributed by atoms with E-state index >= 15 is 0 Å². The number of ether oxygens (including phenoxy) is 3. The average Bonchev–Trinajstić information content (AvgIpc) is 3.46. The third kappa shape index (κ3) is 4.23. The van der Waals surface area contributed by atoms with Crippen molar-refractivity contribution in [3.63, 3.8) is 0 Å². The van der Waals surface area contributed by atoms with E-state index in [9.17, 15) is 4.79 Å². The highest BCUT2D eigenvalue weighted by Crippen LogP contribution is 2.38. The van der Waals surface area contributed by atoms with Crippen LogP contribution < -0.4 is 19.5 Å². The van der Waals surface area contributed by atoms with Gasteiger partial charge in [0.05, 0.1) is 38.6 Å². The second-order valence-corrected chi connectivity index (χ2v) is 6.58. The van der Waals surface area contributed by atoms with Crippen LogP contribution in [0.25, 0.3) is 28.7 Å². The number of furan rings is 1. The van der Waals surface area contributed by atoms with Crippen molar-refractivity contribution in [3.05, 3.63) is 60.4 Å². The molecule has 2 aromatic carbocycles. The Kier molecular flexibility index (Phi) is 5.61. The lowest BCUT2D eigenvalue weighted by Gasteiger charge is -2.12. The van der Waals surface area contributed by atoms with Crippen LogP contribution in [-0.4, -0.2) is 37.2 Å². The number of hydrogen-bond donors (Lipinski definition) is 2. The van der Waals surface area contributed by atoms with E-state index in [0.29, 0.717) is 34.5 Å². The predicted octanol–water partition coefficient (Wildman–Crippen LogP) is 4.50. The Morgan fingerprint density at radius 1 is 1.06 bits per heavy atom. The van der Waals surface area contributed by atoms with Crippen LogP contribution in [0.1, 0.15) is 5.56 Å². The molecule has 0 aliphatic heterocycles. The van der Waals surface area contributed by atoms with Crippen molar-refractivity contribution >= 4 is 28.7 Å². The Morgan fingerprint density at radius 2 is 1.84 bits per heavy atom. The van der Waals surface area contributed by atoms with E-state index in [-0.39, 0.29) is 5.91 Å². The van der Waals surface area contributed by atoms with Crippen molar-refractivity contribution in [2.45, 2.75) is 0 Å². The molecule has 2 aromatic heterocycles. The van der Waals surface area contributed by atoms with Gasteiger partial charge in [-0.1, -0.05) is 0 Å². The molecule has 0 radical (unpaired) electrons. The Hall–Kier alpha value is -4.20. The van der Waals surface area contributed by atoms with Crippen molar-refractivity contribution in [1.29, 1.82) is 0 Å². The number of aromatic amines is 1. The lowest BCUT2D eigenvalue weighted by Crippen LogP contribution is -2.07. The van der Waals surface area contributed by atoms with Gasteiger partial charge in [0.15, 0.2) is 23.1 Å². The standard InChI is InChI=1S/C23H21N3O5/c1-28-19-11-14(12-20(29-2)22(19)30-3)6-9-21(27)24-15-7-8-16-17(13-15)26-23(25-16)18-5-4-10-31-18/h4-13H,1-3H3,(H,24,27)(H,25,26). The number of fused-ring (bicyclic) bond motifs is 1. The maximum Gasteiger partial charge on any atom is 0.248 e. The first kappa shape index (κ1) is 20.1. The van der Waals surface area contributed by atoms with E-state index in [1.165, 1.54) is 13.2 Å². The van der Waals surface area contributed by atoms with E-state index in [1.54, 1.807) is 50.8 Å². The summed E-state index contributed by atoms with van der Waals surface area (Å²) in [6.07, 6.45) is 4.70. The van der Waals surface area contributed by atoms with Crippen LogP contribution in [0.5, 0.6) is 17.2 Å². The van der Waals surface area contributed by atoms with Gasteiger partial charge in [0.25, 0.3) is 0 Å². The molecule has 2 heterocycles. The van der Waals surface area contributed by atoms with Crippen molar-refractivity contribution < 1.29 is 23.4 Å². The number of amides is 1. The minimum Gasteiger partial charge on any atom is -0.493 e. The lowest BCUT2D eigenvalue weighted by molar-refractivity contribution is -0.111. The summed E-state index contributed by atoms with van der Waals surface area (Å²) in [6.45, 7) is 0. The molecular weight excluding hydrogens is 398 g/mol. The zero-order chi connectivity index (χ0) is 21.8. The van der Waals surface area contributed by atoms with Crippen LogP contribution in [0.4, 0.5) is 5.69 Å². The first-order valence-electron chi connectivity index (χ1n) is 9.44. The summed E-state index contributed by atoms with van der Waals surface area (Å²) in [5.74, 6) is 2.52. The largest absolute Gasteiger partial charge is 0.493 e. The summed E-state index contributed by atoms with van der Waals surface area (Å²) < 4.78 is 21.3. The summed E-state index contributed by atoms with van der Waals surface area (Å²) in [5.41, 5.74) is 2.94. The van der Waals surface area contributed by atoms with Gasteiger partial charge >= 0.3 is 0 Å². The third-order valence-corrected chi connectivity index (χ3v) is 4.62. The Morgan fingerprint density at radius 3 is 2.48 bits per heavy atom. The van der Waals surface area contributed by atoms with E-state index < -0.39 is 0 Å². The van der Waals surface area contributed by atoms with Gasteiger partial charge in [-0.25, -0.2) is 4.98 Å². The van der Waals surface area contributed by atoms with E-state index in [4.69, 9.17) is 18.6 Å². The number of nitrogens with zero attached hydrogens (tertiary/aromatic N) is 1. The van der Waals surface area contributed by atoms with Gasteiger partial charge < -0.3 is 28.9 Å². The normalized spacial score (nSPS) is 11.1. The number of anilines is 1. The fourth-order valence-corrected chi connectivity index (χ4v) is 3.17. The van der Waals surface area contributed by atoms with E-state index in [1.807, 2.05) is 18.2 Å². The first-order valence-corrected chi connectivity index (χ1v) is 9.44. The highest BCUT2D eigenvalue weighted by molar-refractivity contribution is 6.02. The van der Waals surface area contributed by atoms with Crippen molar-refractivity contribution in [3.8, 4) is 28.8 Å². The summed E-state index contributed by atoms with van der Waals surface area (Å²) >= 11 is 0. The molecule has 4 rings (SSSR count). The molecule has 0 atom stereocenters. The number of carbonyl (C=O) groups is 1. The SMILES string of the molecule is COc1cc(C=CC(=O)Nc2ccc3nc(-c4ccco4)[nH]c3c2)cc(OC)c1OC. The molecule has 0 aliphatic carbocycles. The van der Waals surface area contributed by atoms with Crippen LogP contribution in [0.2, 0.25) is 0 Å². The molecule has 0 fully saturated rings. The molecule has 8 heteroatoms. The third-order valence-electron chi connectivity index (χ3n) is 4.62. The second kappa shape index (κ2) is 8.66. The van der Waals surface area contributed by atoms with Gasteiger partial charge in [0, 0.05) is 11.8 Å². The Balaban J connectivity index is 1.50. The van der Waals surface area contributed by atoms with Crippen molar-refractivity contribution in [1.82, 2.24) is 9.97 Å². The zero-order valence-electron chi connectivity index (χ0n) is 17.3. The molecular formula is C23H21N3O5. The second-order valence-electron chi connectivity index (χ2n) is 6.58. The Bertz CT molecular complexity index is 1220.